The summed E-state index contributed by atoms with van der Waals surface area (Å²) in [6.45, 7) is 2.60. The summed E-state index contributed by atoms with van der Waals surface area (Å²) in [5.41, 5.74) is -1.87. The molecule has 0 aliphatic heterocycles. The molecule has 0 N–H and O–H groups in total. The smallest absolute Gasteiger partial charge is 0.377 e. The number of halogens is 2. The Labute approximate surface area is 194 Å². The van der Waals surface area contributed by atoms with Crippen molar-refractivity contribution in [2.45, 2.75) is 107 Å². The summed E-state index contributed by atoms with van der Waals surface area (Å²) in [7, 11) is 0. The van der Waals surface area contributed by atoms with Gasteiger partial charge in [0, 0.05) is 13.3 Å². The van der Waals surface area contributed by atoms with Gasteiger partial charge in [-0.25, -0.2) is 9.59 Å². The summed E-state index contributed by atoms with van der Waals surface area (Å²) < 4.78 is 45.0. The molecule has 8 aliphatic carbocycles. The van der Waals surface area contributed by atoms with Gasteiger partial charge in [0.05, 0.1) is 5.60 Å². The zero-order chi connectivity index (χ0) is 23.2. The van der Waals surface area contributed by atoms with Crippen LogP contribution in [0.3, 0.4) is 0 Å². The highest BCUT2D eigenvalue weighted by Gasteiger charge is 2.62. The van der Waals surface area contributed by atoms with Gasteiger partial charge in [0.2, 0.25) is 0 Å². The predicted octanol–water partition coefficient (Wildman–Crippen LogP) is 5.05. The molecule has 8 fully saturated rings. The summed E-state index contributed by atoms with van der Waals surface area (Å²) in [5, 5.41) is 0. The highest BCUT2D eigenvalue weighted by atomic mass is 19.3. The van der Waals surface area contributed by atoms with Gasteiger partial charge in [0.1, 0.15) is 17.8 Å². The molecule has 0 aromatic carbocycles. The lowest BCUT2D eigenvalue weighted by Crippen LogP contribution is -2.62. The van der Waals surface area contributed by atoms with Crippen LogP contribution in [0, 0.1) is 35.5 Å². The summed E-state index contributed by atoms with van der Waals surface area (Å²) in [6, 6.07) is 0. The van der Waals surface area contributed by atoms with Crippen molar-refractivity contribution in [3.8, 4) is 0 Å². The lowest BCUT2D eigenvalue weighted by molar-refractivity contribution is -0.248. The Bertz CT molecular complexity index is 806. The van der Waals surface area contributed by atoms with Crippen LogP contribution >= 0.6 is 0 Å². The Hall–Kier alpha value is -1.24. The fraction of sp³-hybridized carbons (Fsp3) is 0.923. The van der Waals surface area contributed by atoms with Crippen molar-refractivity contribution in [1.29, 1.82) is 0 Å². The summed E-state index contributed by atoms with van der Waals surface area (Å²) in [5.74, 6) is -2.19. The van der Waals surface area contributed by atoms with Gasteiger partial charge in [-0.05, 0) is 107 Å². The van der Waals surface area contributed by atoms with E-state index in [-0.39, 0.29) is 24.4 Å². The molecule has 5 nitrogen and oxygen atoms in total. The zero-order valence-electron chi connectivity index (χ0n) is 19.7. The van der Waals surface area contributed by atoms with Crippen molar-refractivity contribution in [2.24, 2.45) is 35.5 Å². The first-order chi connectivity index (χ1) is 15.5. The van der Waals surface area contributed by atoms with Gasteiger partial charge in [-0.1, -0.05) is 0 Å². The molecule has 0 aromatic heterocycles. The lowest BCUT2D eigenvalue weighted by Gasteiger charge is -2.60. The van der Waals surface area contributed by atoms with Crippen LogP contribution in [0.25, 0.3) is 0 Å². The third-order valence-corrected chi connectivity index (χ3v) is 10.2. The van der Waals surface area contributed by atoms with Crippen molar-refractivity contribution in [2.75, 3.05) is 6.61 Å². The molecule has 184 valence electrons. The Morgan fingerprint density at radius 3 is 1.88 bits per heavy atom. The van der Waals surface area contributed by atoms with Crippen molar-refractivity contribution in [1.82, 2.24) is 0 Å². The second-order valence-electron chi connectivity index (χ2n) is 12.9. The topological polar surface area (TPSA) is 61.8 Å². The van der Waals surface area contributed by atoms with E-state index in [1.54, 1.807) is 0 Å². The Morgan fingerprint density at radius 2 is 1.33 bits per heavy atom. The number of carbonyl (C=O) groups is 2. The number of hydrogen-bond donors (Lipinski definition) is 0. The van der Waals surface area contributed by atoms with E-state index < -0.39 is 28.7 Å². The third kappa shape index (κ3) is 3.71. The number of ether oxygens (including phenoxy) is 3. The maximum Gasteiger partial charge on any atom is 0.377 e. The molecule has 8 bridgehead atoms. The minimum Gasteiger partial charge on any atom is -0.457 e. The number of rotatable bonds is 6. The Balaban J connectivity index is 1.12. The molecule has 0 heterocycles. The van der Waals surface area contributed by atoms with E-state index in [1.165, 1.54) is 32.1 Å². The van der Waals surface area contributed by atoms with E-state index in [9.17, 15) is 18.4 Å². The molecule has 8 aliphatic rings. The Kier molecular flexibility index (Phi) is 4.81. The fourth-order valence-corrected chi connectivity index (χ4v) is 9.44. The number of esters is 2. The third-order valence-electron chi connectivity index (χ3n) is 10.2. The molecule has 0 saturated heterocycles. The van der Waals surface area contributed by atoms with Crippen LogP contribution in [-0.2, 0) is 23.8 Å². The second-order valence-corrected chi connectivity index (χ2v) is 12.9. The molecule has 8 rings (SSSR count). The molecule has 0 spiro atoms. The average molecular weight is 467 g/mol. The van der Waals surface area contributed by atoms with Gasteiger partial charge in [0.25, 0.3) is 0 Å². The van der Waals surface area contributed by atoms with Gasteiger partial charge < -0.3 is 14.2 Å². The van der Waals surface area contributed by atoms with E-state index in [1.807, 2.05) is 0 Å². The van der Waals surface area contributed by atoms with Gasteiger partial charge in [-0.2, -0.15) is 8.78 Å². The van der Waals surface area contributed by atoms with Crippen LogP contribution in [-0.4, -0.2) is 41.3 Å². The molecular weight excluding hydrogens is 430 g/mol. The van der Waals surface area contributed by atoms with Crippen molar-refractivity contribution >= 4 is 11.9 Å². The van der Waals surface area contributed by atoms with Crippen LogP contribution in [0.4, 0.5) is 8.78 Å². The molecule has 2 atom stereocenters. The molecule has 0 amide bonds. The van der Waals surface area contributed by atoms with Crippen LogP contribution < -0.4 is 0 Å². The average Bonchev–Trinajstić information content (AvgIpc) is 2.68. The monoisotopic (exact) mass is 466 g/mol. The molecule has 0 aromatic rings. The maximum absolute atomic E-state index is 13.6. The largest absolute Gasteiger partial charge is 0.457 e. The fourth-order valence-electron chi connectivity index (χ4n) is 9.44. The number of alkyl halides is 2. The highest BCUT2D eigenvalue weighted by molar-refractivity contribution is 5.77. The first kappa shape index (κ1) is 22.2. The van der Waals surface area contributed by atoms with Crippen molar-refractivity contribution < 1.29 is 32.6 Å². The number of hydrogen-bond acceptors (Lipinski definition) is 5. The molecule has 7 heteroatoms. The SMILES string of the molecule is CC(F)(F)C(=O)OC12CC3CC(CC(OCC(=O)OC4(C)C5CC6CC(C5)CC4C6)(C3)C1)C2. The van der Waals surface area contributed by atoms with Crippen LogP contribution in [0.2, 0.25) is 0 Å². The van der Waals surface area contributed by atoms with Gasteiger partial charge in [-0.15, -0.1) is 0 Å². The summed E-state index contributed by atoms with van der Waals surface area (Å²) >= 11 is 0. The number of carbonyl (C=O) groups excluding carboxylic acids is 2. The first-order valence-corrected chi connectivity index (χ1v) is 12.9. The molecular formula is C26H36F2O5. The van der Waals surface area contributed by atoms with E-state index in [4.69, 9.17) is 14.2 Å². The van der Waals surface area contributed by atoms with Gasteiger partial charge in [-0.3, -0.25) is 0 Å². The minimum atomic E-state index is -3.50. The van der Waals surface area contributed by atoms with E-state index in [2.05, 4.69) is 6.92 Å². The Morgan fingerprint density at radius 1 is 0.818 bits per heavy atom. The standard InChI is InChI=1S/C26H36F2O5/c1-23(19-5-15-3-16(7-19)8-20(23)6-15)32-21(29)13-31-25-9-17-4-18(10-25)12-26(11-17,14-25)33-22(30)24(2,27)28/h15-20H,3-14H2,1-2H3. The molecule has 0 radical (unpaired) electrons. The molecule has 8 saturated carbocycles. The lowest BCUT2D eigenvalue weighted by atomic mass is 9.50. The quantitative estimate of drug-likeness (QED) is 0.513. The summed E-state index contributed by atoms with van der Waals surface area (Å²) in [4.78, 5) is 25.0. The van der Waals surface area contributed by atoms with E-state index in [0.29, 0.717) is 38.0 Å². The van der Waals surface area contributed by atoms with Gasteiger partial charge in [0.15, 0.2) is 0 Å². The van der Waals surface area contributed by atoms with Crippen LogP contribution in [0.1, 0.15) is 84.5 Å². The first-order valence-electron chi connectivity index (χ1n) is 12.9. The molecule has 33 heavy (non-hydrogen) atoms. The van der Waals surface area contributed by atoms with Gasteiger partial charge >= 0.3 is 17.9 Å². The normalized spacial score (nSPS) is 49.3. The highest BCUT2D eigenvalue weighted by Crippen LogP contribution is 2.61. The molecule has 2 unspecified atom stereocenters. The minimum absolute atomic E-state index is 0.116. The van der Waals surface area contributed by atoms with Crippen molar-refractivity contribution in [3.05, 3.63) is 0 Å². The van der Waals surface area contributed by atoms with Crippen LogP contribution in [0.15, 0.2) is 0 Å². The van der Waals surface area contributed by atoms with Crippen LogP contribution in [0.5, 0.6) is 0 Å². The zero-order valence-corrected chi connectivity index (χ0v) is 19.7. The van der Waals surface area contributed by atoms with E-state index >= 15 is 0 Å². The second kappa shape index (κ2) is 7.14. The maximum atomic E-state index is 13.6. The van der Waals surface area contributed by atoms with Crippen molar-refractivity contribution in [3.63, 3.8) is 0 Å². The van der Waals surface area contributed by atoms with E-state index in [0.717, 1.165) is 31.1 Å². The summed E-state index contributed by atoms with van der Waals surface area (Å²) in [6.07, 6.45) is 10.3. The predicted molar refractivity (Wildman–Crippen MR) is 114 cm³/mol.